The molecule has 3 rings (SSSR count). The number of rotatable bonds is 11. The molecule has 0 bridgehead atoms. The van der Waals surface area contributed by atoms with Crippen molar-refractivity contribution in [3.8, 4) is 0 Å². The van der Waals surface area contributed by atoms with Gasteiger partial charge in [-0.25, -0.2) is 9.78 Å². The molecule has 13 heteroatoms. The van der Waals surface area contributed by atoms with E-state index in [1.54, 1.807) is 24.3 Å². The summed E-state index contributed by atoms with van der Waals surface area (Å²) in [5.74, 6) is -2.85. The second kappa shape index (κ2) is 12.8. The molecule has 2 atom stereocenters. The van der Waals surface area contributed by atoms with Crippen molar-refractivity contribution in [3.05, 3.63) is 41.1 Å². The molecule has 1 aliphatic carbocycles. The van der Waals surface area contributed by atoms with Crippen LogP contribution in [0.4, 0.5) is 17.5 Å². The minimum atomic E-state index is -1.30. The number of aryl methyl sites for hydroxylation is 1. The van der Waals surface area contributed by atoms with E-state index in [-0.39, 0.29) is 42.1 Å². The largest absolute Gasteiger partial charge is 0.481 e. The number of hydrogen-bond donors (Lipinski definition) is 5. The molecule has 0 aliphatic heterocycles. The van der Waals surface area contributed by atoms with E-state index in [1.165, 1.54) is 13.8 Å². The van der Waals surface area contributed by atoms with Crippen molar-refractivity contribution in [2.45, 2.75) is 52.0 Å². The first-order valence-electron chi connectivity index (χ1n) is 12.4. The van der Waals surface area contributed by atoms with Gasteiger partial charge < -0.3 is 25.7 Å². The number of benzene rings is 1. The molecule has 1 aliphatic rings. The average molecular weight is 541 g/mol. The Morgan fingerprint density at radius 3 is 2.28 bits per heavy atom. The van der Waals surface area contributed by atoms with E-state index in [0.717, 1.165) is 23.4 Å². The fraction of sp³-hybridized carbons (Fsp3) is 0.423. The van der Waals surface area contributed by atoms with Crippen LogP contribution in [0.5, 0.6) is 0 Å². The Bertz CT molecular complexity index is 1260. The first kappa shape index (κ1) is 29.0. The van der Waals surface area contributed by atoms with Gasteiger partial charge in [0.25, 0.3) is 5.91 Å². The highest BCUT2D eigenvalue weighted by Crippen LogP contribution is 2.31. The minimum absolute atomic E-state index is 0.154. The maximum atomic E-state index is 12.5. The van der Waals surface area contributed by atoms with Gasteiger partial charge in [-0.1, -0.05) is 0 Å². The Morgan fingerprint density at radius 1 is 1.03 bits per heavy atom. The summed E-state index contributed by atoms with van der Waals surface area (Å²) in [7, 11) is 1.92. The molecule has 1 unspecified atom stereocenters. The number of carboxylic acid groups (broad SMARTS) is 2. The molecule has 0 saturated carbocycles. The second-order valence-electron chi connectivity index (χ2n) is 9.52. The van der Waals surface area contributed by atoms with Gasteiger partial charge in [-0.2, -0.15) is 4.98 Å². The molecule has 2 aromatic rings. The summed E-state index contributed by atoms with van der Waals surface area (Å²) in [5, 5.41) is 25.7. The van der Waals surface area contributed by atoms with Crippen molar-refractivity contribution >= 4 is 47.1 Å². The van der Waals surface area contributed by atoms with Crippen LogP contribution in [0.2, 0.25) is 0 Å². The van der Waals surface area contributed by atoms with Gasteiger partial charge in [0, 0.05) is 50.7 Å². The molecule has 39 heavy (non-hydrogen) atoms. The number of anilines is 3. The fourth-order valence-corrected chi connectivity index (χ4v) is 4.45. The minimum Gasteiger partial charge on any atom is -0.481 e. The summed E-state index contributed by atoms with van der Waals surface area (Å²) in [4.78, 5) is 68.6. The summed E-state index contributed by atoms with van der Waals surface area (Å²) < 4.78 is 0. The van der Waals surface area contributed by atoms with E-state index in [0.29, 0.717) is 25.2 Å². The Labute approximate surface area is 225 Å². The number of nitrogens with zero attached hydrogens (tertiary/aromatic N) is 3. The zero-order chi connectivity index (χ0) is 28.7. The first-order chi connectivity index (χ1) is 18.4. The van der Waals surface area contributed by atoms with E-state index in [1.807, 2.05) is 11.9 Å². The monoisotopic (exact) mass is 540 g/mol. The third-order valence-corrected chi connectivity index (χ3v) is 6.31. The molecular formula is C26H32N6O7. The normalized spacial score (nSPS) is 14.9. The van der Waals surface area contributed by atoms with Crippen LogP contribution in [-0.2, 0) is 32.0 Å². The molecular weight excluding hydrogens is 508 g/mol. The smallest absolute Gasteiger partial charge is 0.326 e. The van der Waals surface area contributed by atoms with Crippen LogP contribution in [0, 0.1) is 5.92 Å². The van der Waals surface area contributed by atoms with E-state index in [9.17, 15) is 29.1 Å². The van der Waals surface area contributed by atoms with Gasteiger partial charge in [0.1, 0.15) is 11.9 Å². The lowest BCUT2D eigenvalue weighted by molar-refractivity contribution is -0.140. The fourth-order valence-electron chi connectivity index (χ4n) is 4.45. The highest BCUT2D eigenvalue weighted by atomic mass is 16.4. The molecule has 1 heterocycles. The lowest BCUT2D eigenvalue weighted by Gasteiger charge is -2.30. The highest BCUT2D eigenvalue weighted by molar-refractivity contribution is 5.97. The third kappa shape index (κ3) is 8.22. The summed E-state index contributed by atoms with van der Waals surface area (Å²) in [6, 6.07) is 5.37. The van der Waals surface area contributed by atoms with Gasteiger partial charge in [0.05, 0.1) is 5.69 Å². The van der Waals surface area contributed by atoms with Crippen LogP contribution in [0.1, 0.15) is 54.7 Å². The van der Waals surface area contributed by atoms with Crippen molar-refractivity contribution < 1.29 is 34.2 Å². The first-order valence-corrected chi connectivity index (χ1v) is 12.4. The van der Waals surface area contributed by atoms with Gasteiger partial charge in [-0.3, -0.25) is 24.5 Å². The van der Waals surface area contributed by atoms with Gasteiger partial charge in [-0.15, -0.1) is 0 Å². The summed E-state index contributed by atoms with van der Waals surface area (Å²) in [6.07, 6.45) is 1.53. The van der Waals surface area contributed by atoms with Crippen LogP contribution in [0.15, 0.2) is 24.3 Å². The van der Waals surface area contributed by atoms with Crippen LogP contribution < -0.4 is 20.9 Å². The number of hydrogen-bond acceptors (Lipinski definition) is 8. The number of carbonyl (C=O) groups excluding carboxylic acids is 3. The molecule has 5 N–H and O–H groups in total. The zero-order valence-corrected chi connectivity index (χ0v) is 22.0. The van der Waals surface area contributed by atoms with Crippen molar-refractivity contribution in [3.63, 3.8) is 0 Å². The van der Waals surface area contributed by atoms with Gasteiger partial charge in [0.15, 0.2) is 0 Å². The highest BCUT2D eigenvalue weighted by Gasteiger charge is 2.26. The van der Waals surface area contributed by atoms with Crippen molar-refractivity contribution in [1.29, 1.82) is 0 Å². The predicted molar refractivity (Wildman–Crippen MR) is 142 cm³/mol. The lowest BCUT2D eigenvalue weighted by Crippen LogP contribution is -2.41. The molecule has 0 saturated heterocycles. The number of fused-ring (bicyclic) bond motifs is 1. The van der Waals surface area contributed by atoms with Crippen molar-refractivity contribution in [1.82, 2.24) is 15.3 Å². The Kier molecular flexibility index (Phi) is 9.52. The second-order valence-corrected chi connectivity index (χ2v) is 9.52. The van der Waals surface area contributed by atoms with E-state index in [4.69, 9.17) is 5.11 Å². The number of carbonyl (C=O) groups is 5. The Morgan fingerprint density at radius 2 is 1.69 bits per heavy atom. The maximum Gasteiger partial charge on any atom is 0.326 e. The number of carboxylic acids is 2. The Hall–Kier alpha value is -4.55. The molecule has 0 spiro atoms. The molecule has 13 nitrogen and oxygen atoms in total. The van der Waals surface area contributed by atoms with Crippen LogP contribution >= 0.6 is 0 Å². The standard InChI is InChI=1S/C26H32N6O7/c1-14(33)27-23-19-12-16(4-9-20(19)30-26(31-23)28-15(2)34)13-32(3)18-7-5-17(6-8-18)24(37)29-21(25(38)39)10-11-22(35)36/h5-8,16,21H,4,9-13H2,1-3H3,(H,29,37)(H,35,36)(H,38,39)(H2,27,28,30,31,33,34)/t16?,21-/m0/s1. The molecule has 0 radical (unpaired) electrons. The van der Waals surface area contributed by atoms with E-state index < -0.39 is 23.9 Å². The quantitative estimate of drug-likeness (QED) is 0.280. The summed E-state index contributed by atoms with van der Waals surface area (Å²) >= 11 is 0. The Balaban J connectivity index is 1.66. The van der Waals surface area contributed by atoms with Crippen LogP contribution in [0.25, 0.3) is 0 Å². The molecule has 3 amide bonds. The lowest BCUT2D eigenvalue weighted by atomic mass is 9.86. The molecule has 1 aromatic carbocycles. The van der Waals surface area contributed by atoms with E-state index >= 15 is 0 Å². The zero-order valence-electron chi connectivity index (χ0n) is 22.0. The molecule has 0 fully saturated rings. The molecule has 208 valence electrons. The topological polar surface area (TPSA) is 191 Å². The summed E-state index contributed by atoms with van der Waals surface area (Å²) in [5.41, 5.74) is 2.73. The third-order valence-electron chi connectivity index (χ3n) is 6.31. The number of aromatic nitrogens is 2. The van der Waals surface area contributed by atoms with Gasteiger partial charge in [0.2, 0.25) is 17.8 Å². The number of amides is 3. The van der Waals surface area contributed by atoms with Gasteiger partial charge in [-0.05, 0) is 55.9 Å². The predicted octanol–water partition coefficient (Wildman–Crippen LogP) is 1.68. The van der Waals surface area contributed by atoms with Gasteiger partial charge >= 0.3 is 11.9 Å². The summed E-state index contributed by atoms with van der Waals surface area (Å²) in [6.45, 7) is 3.43. The van der Waals surface area contributed by atoms with Crippen LogP contribution in [0.3, 0.4) is 0 Å². The SMILES string of the molecule is CC(=O)Nc1nc2c(c(NC(C)=O)n1)CC(CN(C)c1ccc(C(=O)N[C@@H](CCC(=O)O)C(=O)O)cc1)CC2. The average Bonchev–Trinajstić information content (AvgIpc) is 2.85. The van der Waals surface area contributed by atoms with Crippen LogP contribution in [-0.4, -0.2) is 69.5 Å². The van der Waals surface area contributed by atoms with Crippen molar-refractivity contribution in [2.24, 2.45) is 5.92 Å². The molecule has 1 aromatic heterocycles. The number of aliphatic carboxylic acids is 2. The number of nitrogens with one attached hydrogen (secondary N) is 3. The van der Waals surface area contributed by atoms with Crippen molar-refractivity contribution in [2.75, 3.05) is 29.1 Å². The maximum absolute atomic E-state index is 12.5. The van der Waals surface area contributed by atoms with E-state index in [2.05, 4.69) is 25.9 Å².